The Labute approximate surface area is 135 Å². The lowest BCUT2D eigenvalue weighted by Crippen LogP contribution is -2.04. The van der Waals surface area contributed by atoms with E-state index in [-0.39, 0.29) is 0 Å². The molecule has 3 rings (SSSR count). The van der Waals surface area contributed by atoms with Gasteiger partial charge in [0, 0.05) is 18.2 Å². The summed E-state index contributed by atoms with van der Waals surface area (Å²) >= 11 is 0. The molecule has 3 aromatic rings. The second-order valence-corrected chi connectivity index (χ2v) is 5.04. The Kier molecular flexibility index (Phi) is 4.30. The molecule has 0 saturated carbocycles. The van der Waals surface area contributed by atoms with E-state index in [4.69, 9.17) is 15.2 Å². The SMILES string of the molecule is COc1ccc(OC)c(-n2nc(CN)cc2-c2ccccc2)c1. The molecule has 0 radical (unpaired) electrons. The highest BCUT2D eigenvalue weighted by Gasteiger charge is 2.15. The van der Waals surface area contributed by atoms with Crippen molar-refractivity contribution >= 4 is 0 Å². The largest absolute Gasteiger partial charge is 0.497 e. The molecule has 0 saturated heterocycles. The Hall–Kier alpha value is -2.79. The van der Waals surface area contributed by atoms with E-state index in [9.17, 15) is 0 Å². The molecule has 2 N–H and O–H groups in total. The van der Waals surface area contributed by atoms with Crippen LogP contribution in [0.1, 0.15) is 5.69 Å². The lowest BCUT2D eigenvalue weighted by atomic mass is 10.1. The molecule has 1 heterocycles. The standard InChI is InChI=1S/C18H19N3O2/c1-22-15-8-9-18(23-2)17(11-15)21-16(10-14(12-19)20-21)13-6-4-3-5-7-13/h3-11H,12,19H2,1-2H3. The van der Waals surface area contributed by atoms with Crippen LogP contribution in [0.15, 0.2) is 54.6 Å². The first-order chi connectivity index (χ1) is 11.3. The fourth-order valence-electron chi connectivity index (χ4n) is 2.49. The van der Waals surface area contributed by atoms with Gasteiger partial charge in [-0.15, -0.1) is 0 Å². The Bertz CT molecular complexity index is 797. The van der Waals surface area contributed by atoms with Crippen LogP contribution in [-0.2, 0) is 6.54 Å². The summed E-state index contributed by atoms with van der Waals surface area (Å²) < 4.78 is 12.7. The maximum absolute atomic E-state index is 5.78. The van der Waals surface area contributed by atoms with Crippen LogP contribution in [-0.4, -0.2) is 24.0 Å². The van der Waals surface area contributed by atoms with Gasteiger partial charge in [-0.1, -0.05) is 30.3 Å². The molecule has 0 amide bonds. The average molecular weight is 309 g/mol. The molecule has 0 aliphatic carbocycles. The molecule has 0 aliphatic heterocycles. The summed E-state index contributed by atoms with van der Waals surface area (Å²) in [7, 11) is 3.28. The summed E-state index contributed by atoms with van der Waals surface area (Å²) in [5.74, 6) is 1.46. The van der Waals surface area contributed by atoms with Gasteiger partial charge in [0.25, 0.3) is 0 Å². The fraction of sp³-hybridized carbons (Fsp3) is 0.167. The molecule has 0 bridgehead atoms. The van der Waals surface area contributed by atoms with Crippen LogP contribution < -0.4 is 15.2 Å². The molecule has 118 valence electrons. The quantitative estimate of drug-likeness (QED) is 0.787. The molecule has 1 aromatic heterocycles. The summed E-state index contributed by atoms with van der Waals surface area (Å²) in [6.45, 7) is 0.374. The van der Waals surface area contributed by atoms with E-state index in [1.54, 1.807) is 14.2 Å². The molecule has 2 aromatic carbocycles. The third-order valence-corrected chi connectivity index (χ3v) is 3.65. The summed E-state index contributed by atoms with van der Waals surface area (Å²) in [6, 6.07) is 17.7. The van der Waals surface area contributed by atoms with Crippen molar-refractivity contribution in [3.63, 3.8) is 0 Å². The van der Waals surface area contributed by atoms with Crippen LogP contribution in [0.25, 0.3) is 16.9 Å². The molecular formula is C18H19N3O2. The third-order valence-electron chi connectivity index (χ3n) is 3.65. The zero-order chi connectivity index (χ0) is 16.2. The van der Waals surface area contributed by atoms with Crippen LogP contribution in [0.4, 0.5) is 0 Å². The zero-order valence-electron chi connectivity index (χ0n) is 13.2. The predicted molar refractivity (Wildman–Crippen MR) is 90.0 cm³/mol. The number of nitrogens with two attached hydrogens (primary N) is 1. The number of ether oxygens (including phenoxy) is 2. The Morgan fingerprint density at radius 2 is 1.78 bits per heavy atom. The highest BCUT2D eigenvalue weighted by molar-refractivity contribution is 5.65. The second kappa shape index (κ2) is 6.54. The van der Waals surface area contributed by atoms with Gasteiger partial charge in [0.2, 0.25) is 0 Å². The Morgan fingerprint density at radius 3 is 2.43 bits per heavy atom. The Morgan fingerprint density at radius 1 is 1.00 bits per heavy atom. The van der Waals surface area contributed by atoms with E-state index in [1.165, 1.54) is 0 Å². The first-order valence-corrected chi connectivity index (χ1v) is 7.33. The normalized spacial score (nSPS) is 10.6. The number of methoxy groups -OCH3 is 2. The van der Waals surface area contributed by atoms with E-state index >= 15 is 0 Å². The van der Waals surface area contributed by atoms with E-state index in [1.807, 2.05) is 59.3 Å². The first kappa shape index (κ1) is 15.1. The molecular weight excluding hydrogens is 290 g/mol. The van der Waals surface area contributed by atoms with Crippen molar-refractivity contribution < 1.29 is 9.47 Å². The van der Waals surface area contributed by atoms with Crippen LogP contribution in [0, 0.1) is 0 Å². The van der Waals surface area contributed by atoms with Gasteiger partial charge in [0.05, 0.1) is 25.6 Å². The van der Waals surface area contributed by atoms with Crippen molar-refractivity contribution in [1.82, 2.24) is 9.78 Å². The molecule has 0 fully saturated rings. The minimum Gasteiger partial charge on any atom is -0.497 e. The van der Waals surface area contributed by atoms with E-state index < -0.39 is 0 Å². The van der Waals surface area contributed by atoms with Gasteiger partial charge in [0.15, 0.2) is 0 Å². The monoisotopic (exact) mass is 309 g/mol. The number of benzene rings is 2. The van der Waals surface area contributed by atoms with Crippen molar-refractivity contribution in [2.45, 2.75) is 6.54 Å². The molecule has 0 spiro atoms. The lowest BCUT2D eigenvalue weighted by molar-refractivity contribution is 0.400. The second-order valence-electron chi connectivity index (χ2n) is 5.04. The summed E-state index contributed by atoms with van der Waals surface area (Å²) in [5.41, 5.74) is 9.42. The summed E-state index contributed by atoms with van der Waals surface area (Å²) in [5, 5.41) is 4.62. The molecule has 23 heavy (non-hydrogen) atoms. The minimum absolute atomic E-state index is 0.374. The van der Waals surface area contributed by atoms with Crippen LogP contribution >= 0.6 is 0 Å². The third kappa shape index (κ3) is 2.91. The van der Waals surface area contributed by atoms with Gasteiger partial charge in [-0.05, 0) is 18.2 Å². The Balaban J connectivity index is 2.22. The van der Waals surface area contributed by atoms with E-state index in [2.05, 4.69) is 5.10 Å². The van der Waals surface area contributed by atoms with Crippen molar-refractivity contribution in [3.8, 4) is 28.4 Å². The maximum Gasteiger partial charge on any atom is 0.144 e. The zero-order valence-corrected chi connectivity index (χ0v) is 13.2. The number of aromatic nitrogens is 2. The van der Waals surface area contributed by atoms with Crippen molar-refractivity contribution in [3.05, 3.63) is 60.3 Å². The summed E-state index contributed by atoms with van der Waals surface area (Å²) in [6.07, 6.45) is 0. The van der Waals surface area contributed by atoms with Gasteiger partial charge in [-0.3, -0.25) is 0 Å². The molecule has 5 nitrogen and oxygen atoms in total. The number of rotatable bonds is 5. The van der Waals surface area contributed by atoms with Crippen molar-refractivity contribution in [2.24, 2.45) is 5.73 Å². The molecule has 5 heteroatoms. The highest BCUT2D eigenvalue weighted by atomic mass is 16.5. The van der Waals surface area contributed by atoms with Crippen molar-refractivity contribution in [2.75, 3.05) is 14.2 Å². The van der Waals surface area contributed by atoms with Gasteiger partial charge < -0.3 is 15.2 Å². The topological polar surface area (TPSA) is 62.3 Å². The van der Waals surface area contributed by atoms with Gasteiger partial charge in [0.1, 0.15) is 17.2 Å². The molecule has 0 atom stereocenters. The molecule has 0 unspecified atom stereocenters. The van der Waals surface area contributed by atoms with Gasteiger partial charge >= 0.3 is 0 Å². The number of hydrogen-bond donors (Lipinski definition) is 1. The highest BCUT2D eigenvalue weighted by Crippen LogP contribution is 2.31. The smallest absolute Gasteiger partial charge is 0.144 e. The predicted octanol–water partition coefficient (Wildman–Crippen LogP) is 3.02. The van der Waals surface area contributed by atoms with Crippen LogP contribution in [0.3, 0.4) is 0 Å². The van der Waals surface area contributed by atoms with E-state index in [0.29, 0.717) is 6.54 Å². The number of nitrogens with zero attached hydrogens (tertiary/aromatic N) is 2. The fourth-order valence-corrected chi connectivity index (χ4v) is 2.49. The van der Waals surface area contributed by atoms with Crippen LogP contribution in [0.2, 0.25) is 0 Å². The van der Waals surface area contributed by atoms with Gasteiger partial charge in [-0.25, -0.2) is 4.68 Å². The first-order valence-electron chi connectivity index (χ1n) is 7.33. The minimum atomic E-state index is 0.374. The van der Waals surface area contributed by atoms with Gasteiger partial charge in [-0.2, -0.15) is 5.10 Å². The van der Waals surface area contributed by atoms with E-state index in [0.717, 1.165) is 34.1 Å². The molecule has 0 aliphatic rings. The average Bonchev–Trinajstić information content (AvgIpc) is 3.06. The number of hydrogen-bond acceptors (Lipinski definition) is 4. The van der Waals surface area contributed by atoms with Crippen molar-refractivity contribution in [1.29, 1.82) is 0 Å². The lowest BCUT2D eigenvalue weighted by Gasteiger charge is -2.13. The maximum atomic E-state index is 5.78. The summed E-state index contributed by atoms with van der Waals surface area (Å²) in [4.78, 5) is 0. The van der Waals surface area contributed by atoms with Crippen LogP contribution in [0.5, 0.6) is 11.5 Å².